The summed E-state index contributed by atoms with van der Waals surface area (Å²) < 4.78 is 0. The van der Waals surface area contributed by atoms with Gasteiger partial charge in [-0.1, -0.05) is 25.5 Å². The van der Waals surface area contributed by atoms with Crippen molar-refractivity contribution in [3.63, 3.8) is 0 Å². The van der Waals surface area contributed by atoms with Gasteiger partial charge in [0.05, 0.1) is 18.3 Å². The van der Waals surface area contributed by atoms with Crippen molar-refractivity contribution in [2.75, 3.05) is 19.7 Å². The van der Waals surface area contributed by atoms with E-state index in [1.54, 1.807) is 0 Å². The zero-order valence-corrected chi connectivity index (χ0v) is 20.0. The van der Waals surface area contributed by atoms with Gasteiger partial charge < -0.3 is 20.8 Å². The Morgan fingerprint density at radius 2 is 1.90 bits per heavy atom. The number of aliphatic hydroxyl groups excluding tert-OH is 1. The molecular formula is C26H46N2O3. The van der Waals surface area contributed by atoms with Crippen molar-refractivity contribution in [1.29, 1.82) is 0 Å². The van der Waals surface area contributed by atoms with Gasteiger partial charge in [0.2, 0.25) is 0 Å². The summed E-state index contributed by atoms with van der Waals surface area (Å²) in [5, 5.41) is 22.5. The summed E-state index contributed by atoms with van der Waals surface area (Å²) in [7, 11) is 0. The first-order valence-electron chi connectivity index (χ1n) is 12.9. The molecule has 4 fully saturated rings. The molecule has 4 aliphatic carbocycles. The topological polar surface area (TPSA) is 87.7 Å². The molecule has 5 heteroatoms. The maximum atomic E-state index is 12.2. The van der Waals surface area contributed by atoms with Crippen molar-refractivity contribution >= 4 is 0 Å². The van der Waals surface area contributed by atoms with E-state index >= 15 is 0 Å². The highest BCUT2D eigenvalue weighted by atomic mass is 16.6. The lowest BCUT2D eigenvalue weighted by Crippen LogP contribution is -2.62. The molecule has 0 amide bonds. The van der Waals surface area contributed by atoms with Crippen LogP contribution in [0.1, 0.15) is 85.0 Å². The Morgan fingerprint density at radius 3 is 2.68 bits per heavy atom. The minimum atomic E-state index is -0.549. The van der Waals surface area contributed by atoms with Gasteiger partial charge in [-0.3, -0.25) is 0 Å². The molecule has 5 nitrogen and oxygen atoms in total. The van der Waals surface area contributed by atoms with E-state index in [1.165, 1.54) is 18.4 Å². The Labute approximate surface area is 189 Å². The molecule has 0 unspecified atom stereocenters. The van der Waals surface area contributed by atoms with Gasteiger partial charge in [0.15, 0.2) is 0 Å². The van der Waals surface area contributed by atoms with E-state index in [-0.39, 0.29) is 11.5 Å². The average Bonchev–Trinajstić information content (AvgIpc) is 2.99. The Morgan fingerprint density at radius 1 is 1.10 bits per heavy atom. The third-order valence-corrected chi connectivity index (χ3v) is 10.3. The van der Waals surface area contributed by atoms with Crippen molar-refractivity contribution in [2.45, 2.75) is 96.7 Å². The van der Waals surface area contributed by atoms with Gasteiger partial charge in [0.25, 0.3) is 0 Å². The Hall–Kier alpha value is -0.460. The number of hydrogen-bond donors (Lipinski definition) is 4. The van der Waals surface area contributed by atoms with Crippen LogP contribution in [0.2, 0.25) is 0 Å². The minimum absolute atomic E-state index is 0.0345. The number of hydroxylamine groups is 1. The second-order valence-electron chi connectivity index (χ2n) is 11.8. The maximum Gasteiger partial charge on any atom is 0.0737 e. The van der Waals surface area contributed by atoms with E-state index in [0.717, 1.165) is 57.9 Å². The smallest absolute Gasteiger partial charge is 0.0737 e. The Balaban J connectivity index is 1.46. The standard InChI is InChI=1S/C26H46N2O3/c1-18(17-28-31-14-4-13-27)15-20-7-12-26(30)23-6-5-19-16-21(29)8-10-24(19,2)22(23)9-11-25(20,26)3/h15,19-23,28-30H,4-14,16-17,27H2,1-3H3/b18-15+/t19-,20-,21+,22+,23-,24+,25-,26+/m1/s1. The van der Waals surface area contributed by atoms with E-state index < -0.39 is 5.60 Å². The second kappa shape index (κ2) is 9.06. The highest BCUT2D eigenvalue weighted by Crippen LogP contribution is 2.69. The Bertz CT molecular complexity index is 669. The third-order valence-electron chi connectivity index (χ3n) is 10.3. The number of rotatable bonds is 7. The summed E-state index contributed by atoms with van der Waals surface area (Å²) in [6.45, 7) is 9.05. The molecule has 0 spiro atoms. The van der Waals surface area contributed by atoms with Crippen LogP contribution in [0.4, 0.5) is 0 Å². The monoisotopic (exact) mass is 434 g/mol. The van der Waals surface area contributed by atoms with E-state index in [0.29, 0.717) is 42.2 Å². The molecule has 5 N–H and O–H groups in total. The van der Waals surface area contributed by atoms with Crippen molar-refractivity contribution in [3.8, 4) is 0 Å². The Kier molecular flexibility index (Phi) is 6.92. The molecule has 4 aliphatic rings. The first kappa shape index (κ1) is 23.7. The van der Waals surface area contributed by atoms with Gasteiger partial charge in [0, 0.05) is 12.0 Å². The van der Waals surface area contributed by atoms with Crippen LogP contribution in [-0.4, -0.2) is 41.6 Å². The van der Waals surface area contributed by atoms with E-state index in [4.69, 9.17) is 10.6 Å². The lowest BCUT2D eigenvalue weighted by Gasteiger charge is -2.63. The normalized spacial score (nSPS) is 47.5. The molecule has 8 atom stereocenters. The molecule has 4 rings (SSSR count). The van der Waals surface area contributed by atoms with Crippen LogP contribution in [0.15, 0.2) is 11.6 Å². The molecule has 0 aromatic rings. The fraction of sp³-hybridized carbons (Fsp3) is 0.923. The highest BCUT2D eigenvalue weighted by molar-refractivity contribution is 5.21. The molecule has 0 heterocycles. The van der Waals surface area contributed by atoms with E-state index in [1.807, 2.05) is 0 Å². The summed E-state index contributed by atoms with van der Waals surface area (Å²) in [5.74, 6) is 2.09. The predicted molar refractivity (Wildman–Crippen MR) is 124 cm³/mol. The van der Waals surface area contributed by atoms with Crippen LogP contribution in [-0.2, 0) is 4.84 Å². The zero-order valence-electron chi connectivity index (χ0n) is 20.0. The van der Waals surface area contributed by atoms with E-state index in [9.17, 15) is 10.2 Å². The van der Waals surface area contributed by atoms with Gasteiger partial charge in [-0.15, -0.1) is 0 Å². The van der Waals surface area contributed by atoms with E-state index in [2.05, 4.69) is 32.3 Å². The SMILES string of the molecule is C/C(=C\[C@H]1CC[C@]2(O)[C@@H]3CC[C@@H]4C[C@@H](O)CC[C@]4(C)[C@H]3CC[C@]12C)CNOCCCN. The molecule has 178 valence electrons. The maximum absolute atomic E-state index is 12.2. The highest BCUT2D eigenvalue weighted by Gasteiger charge is 2.66. The molecule has 0 aromatic heterocycles. The molecule has 4 saturated carbocycles. The van der Waals surface area contributed by atoms with Crippen LogP contribution < -0.4 is 11.2 Å². The lowest BCUT2D eigenvalue weighted by molar-refractivity contribution is -0.207. The molecule has 31 heavy (non-hydrogen) atoms. The number of allylic oxidation sites excluding steroid dienone is 1. The van der Waals surface area contributed by atoms with Gasteiger partial charge >= 0.3 is 0 Å². The first-order chi connectivity index (χ1) is 14.7. The largest absolute Gasteiger partial charge is 0.393 e. The summed E-state index contributed by atoms with van der Waals surface area (Å²) in [5.41, 5.74) is 9.59. The zero-order chi connectivity index (χ0) is 22.3. The second-order valence-corrected chi connectivity index (χ2v) is 11.8. The summed E-state index contributed by atoms with van der Waals surface area (Å²) in [4.78, 5) is 5.46. The number of fused-ring (bicyclic) bond motifs is 5. The van der Waals surface area contributed by atoms with Gasteiger partial charge in [0.1, 0.15) is 0 Å². The third kappa shape index (κ3) is 4.03. The van der Waals surface area contributed by atoms with Crippen molar-refractivity contribution in [1.82, 2.24) is 5.48 Å². The van der Waals surface area contributed by atoms with Crippen LogP contribution >= 0.6 is 0 Å². The predicted octanol–water partition coefficient (Wildman–Crippen LogP) is 3.94. The van der Waals surface area contributed by atoms with Crippen molar-refractivity contribution in [3.05, 3.63) is 11.6 Å². The van der Waals surface area contributed by atoms with Crippen molar-refractivity contribution < 1.29 is 15.1 Å². The molecule has 0 saturated heterocycles. The molecule has 0 bridgehead atoms. The van der Waals surface area contributed by atoms with Crippen molar-refractivity contribution in [2.24, 2.45) is 40.2 Å². The number of aliphatic hydroxyl groups is 2. The molecule has 0 aromatic carbocycles. The fourth-order valence-corrected chi connectivity index (χ4v) is 8.31. The molecule has 0 aliphatic heterocycles. The van der Waals surface area contributed by atoms with Crippen LogP contribution in [0.5, 0.6) is 0 Å². The van der Waals surface area contributed by atoms with Crippen LogP contribution in [0.25, 0.3) is 0 Å². The fourth-order valence-electron chi connectivity index (χ4n) is 8.31. The van der Waals surface area contributed by atoms with Gasteiger partial charge in [-0.05, 0) is 107 Å². The molecular weight excluding hydrogens is 388 g/mol. The first-order valence-corrected chi connectivity index (χ1v) is 12.9. The number of hydrogen-bond acceptors (Lipinski definition) is 5. The summed E-state index contributed by atoms with van der Waals surface area (Å²) in [6, 6.07) is 0. The quantitative estimate of drug-likeness (QED) is 0.277. The van der Waals surface area contributed by atoms with Gasteiger partial charge in [-0.25, -0.2) is 0 Å². The van der Waals surface area contributed by atoms with Crippen LogP contribution in [0, 0.1) is 34.5 Å². The average molecular weight is 435 g/mol. The number of nitrogens with two attached hydrogens (primary N) is 1. The molecule has 0 radical (unpaired) electrons. The minimum Gasteiger partial charge on any atom is -0.393 e. The lowest BCUT2D eigenvalue weighted by atomic mass is 9.43. The number of nitrogens with one attached hydrogen (secondary N) is 1. The van der Waals surface area contributed by atoms with Crippen LogP contribution in [0.3, 0.4) is 0 Å². The van der Waals surface area contributed by atoms with Gasteiger partial charge in [-0.2, -0.15) is 5.48 Å². The summed E-state index contributed by atoms with van der Waals surface area (Å²) in [6.07, 6.45) is 12.9. The summed E-state index contributed by atoms with van der Waals surface area (Å²) >= 11 is 0.